The Morgan fingerprint density at radius 3 is 2.42 bits per heavy atom. The Kier molecular flexibility index (Phi) is 4.14. The van der Waals surface area contributed by atoms with Gasteiger partial charge in [0.05, 0.1) is 11.4 Å². The van der Waals surface area contributed by atoms with Crippen LogP contribution in [-0.2, 0) is 6.42 Å². The molecule has 1 heterocycles. The van der Waals surface area contributed by atoms with Crippen LogP contribution in [0.15, 0.2) is 36.5 Å². The molecule has 2 rings (SSSR count). The number of aryl methyl sites for hydroxylation is 1. The number of nitrogens with zero attached hydrogens (tertiary/aromatic N) is 2. The van der Waals surface area contributed by atoms with Gasteiger partial charge in [0.2, 0.25) is 0 Å². The summed E-state index contributed by atoms with van der Waals surface area (Å²) in [6.45, 7) is 0. The molecule has 0 atom stereocenters. The SMILES string of the molecule is FC(F)(F)Oc1ccc(-n2ccc(CCBr)n2)cc1. The van der Waals surface area contributed by atoms with Gasteiger partial charge < -0.3 is 4.74 Å². The molecule has 0 fully saturated rings. The number of ether oxygens (including phenoxy) is 1. The molecule has 0 N–H and O–H groups in total. The van der Waals surface area contributed by atoms with Gasteiger partial charge in [0, 0.05) is 17.9 Å². The van der Waals surface area contributed by atoms with Crippen molar-refractivity contribution in [3.05, 3.63) is 42.2 Å². The normalized spacial score (nSPS) is 11.6. The molecule has 0 aliphatic heterocycles. The van der Waals surface area contributed by atoms with Gasteiger partial charge in [-0.05, 0) is 30.3 Å². The largest absolute Gasteiger partial charge is 0.573 e. The number of benzene rings is 1. The maximum absolute atomic E-state index is 12.0. The lowest BCUT2D eigenvalue weighted by Gasteiger charge is -2.09. The predicted octanol–water partition coefficient (Wildman–Crippen LogP) is 3.71. The summed E-state index contributed by atoms with van der Waals surface area (Å²) >= 11 is 3.32. The van der Waals surface area contributed by atoms with Gasteiger partial charge in [-0.25, -0.2) is 4.68 Å². The second-order valence-electron chi connectivity index (χ2n) is 3.73. The topological polar surface area (TPSA) is 27.1 Å². The van der Waals surface area contributed by atoms with E-state index in [0.717, 1.165) is 17.4 Å². The van der Waals surface area contributed by atoms with Gasteiger partial charge in [0.15, 0.2) is 0 Å². The molecule has 3 nitrogen and oxygen atoms in total. The average molecular weight is 335 g/mol. The third kappa shape index (κ3) is 3.99. The first kappa shape index (κ1) is 13.9. The molecule has 102 valence electrons. The molecule has 1 aromatic heterocycles. The van der Waals surface area contributed by atoms with Crippen LogP contribution in [0.5, 0.6) is 5.75 Å². The number of hydrogen-bond acceptors (Lipinski definition) is 2. The molecule has 19 heavy (non-hydrogen) atoms. The van der Waals surface area contributed by atoms with E-state index in [9.17, 15) is 13.2 Å². The van der Waals surface area contributed by atoms with E-state index < -0.39 is 6.36 Å². The van der Waals surface area contributed by atoms with Crippen molar-refractivity contribution in [1.82, 2.24) is 9.78 Å². The smallest absolute Gasteiger partial charge is 0.406 e. The van der Waals surface area contributed by atoms with Gasteiger partial charge in [0.25, 0.3) is 0 Å². The molecule has 0 bridgehead atoms. The zero-order valence-electron chi connectivity index (χ0n) is 9.69. The lowest BCUT2D eigenvalue weighted by molar-refractivity contribution is -0.274. The minimum Gasteiger partial charge on any atom is -0.406 e. The van der Waals surface area contributed by atoms with Crippen LogP contribution in [-0.4, -0.2) is 21.5 Å². The van der Waals surface area contributed by atoms with Crippen LogP contribution >= 0.6 is 15.9 Å². The van der Waals surface area contributed by atoms with Crippen molar-refractivity contribution >= 4 is 15.9 Å². The van der Waals surface area contributed by atoms with Gasteiger partial charge in [-0.3, -0.25) is 0 Å². The third-order valence-corrected chi connectivity index (χ3v) is 2.73. The van der Waals surface area contributed by atoms with E-state index >= 15 is 0 Å². The highest BCUT2D eigenvalue weighted by Crippen LogP contribution is 2.23. The number of rotatable bonds is 4. The number of alkyl halides is 4. The van der Waals surface area contributed by atoms with Crippen LogP contribution in [0.4, 0.5) is 13.2 Å². The average Bonchev–Trinajstić information content (AvgIpc) is 2.77. The van der Waals surface area contributed by atoms with E-state index in [0.29, 0.717) is 5.69 Å². The fourth-order valence-electron chi connectivity index (χ4n) is 1.54. The second kappa shape index (κ2) is 5.64. The number of hydrogen-bond donors (Lipinski definition) is 0. The minimum atomic E-state index is -4.67. The Morgan fingerprint density at radius 2 is 1.84 bits per heavy atom. The van der Waals surface area contributed by atoms with E-state index in [4.69, 9.17) is 0 Å². The summed E-state index contributed by atoms with van der Waals surface area (Å²) < 4.78 is 41.4. The van der Waals surface area contributed by atoms with Crippen LogP contribution in [0, 0.1) is 0 Å². The fraction of sp³-hybridized carbons (Fsp3) is 0.250. The molecule has 0 aliphatic rings. The molecule has 1 aromatic carbocycles. The highest BCUT2D eigenvalue weighted by molar-refractivity contribution is 9.09. The van der Waals surface area contributed by atoms with Crippen molar-refractivity contribution in [3.8, 4) is 11.4 Å². The monoisotopic (exact) mass is 334 g/mol. The molecule has 0 saturated carbocycles. The lowest BCUT2D eigenvalue weighted by Crippen LogP contribution is -2.17. The van der Waals surface area contributed by atoms with Crippen molar-refractivity contribution in [2.24, 2.45) is 0 Å². The first-order chi connectivity index (χ1) is 8.98. The van der Waals surface area contributed by atoms with E-state index in [2.05, 4.69) is 25.8 Å². The van der Waals surface area contributed by atoms with Gasteiger partial charge in [-0.1, -0.05) is 15.9 Å². The van der Waals surface area contributed by atoms with Crippen LogP contribution in [0.3, 0.4) is 0 Å². The standard InChI is InChI=1S/C12H10BrF3N2O/c13-7-5-9-6-8-18(17-9)10-1-3-11(4-2-10)19-12(14,15)16/h1-4,6,8H,5,7H2. The molecule has 2 aromatic rings. The van der Waals surface area contributed by atoms with Gasteiger partial charge >= 0.3 is 6.36 Å². The summed E-state index contributed by atoms with van der Waals surface area (Å²) in [7, 11) is 0. The van der Waals surface area contributed by atoms with Crippen molar-refractivity contribution in [2.75, 3.05) is 5.33 Å². The van der Waals surface area contributed by atoms with Crippen molar-refractivity contribution in [3.63, 3.8) is 0 Å². The van der Waals surface area contributed by atoms with Crippen molar-refractivity contribution in [1.29, 1.82) is 0 Å². The quantitative estimate of drug-likeness (QED) is 0.797. The number of halogens is 4. The van der Waals surface area contributed by atoms with Crippen LogP contribution < -0.4 is 4.74 Å². The second-order valence-corrected chi connectivity index (χ2v) is 4.53. The molecule has 0 unspecified atom stereocenters. The molecular weight excluding hydrogens is 325 g/mol. The van der Waals surface area contributed by atoms with Crippen LogP contribution in [0.25, 0.3) is 5.69 Å². The van der Waals surface area contributed by atoms with Gasteiger partial charge in [0.1, 0.15) is 5.75 Å². The highest BCUT2D eigenvalue weighted by Gasteiger charge is 2.30. The van der Waals surface area contributed by atoms with Crippen LogP contribution in [0.1, 0.15) is 5.69 Å². The molecule has 0 amide bonds. The Balaban J connectivity index is 2.13. The zero-order valence-corrected chi connectivity index (χ0v) is 11.3. The summed E-state index contributed by atoms with van der Waals surface area (Å²) in [6, 6.07) is 7.42. The zero-order chi connectivity index (χ0) is 13.9. The Labute approximate surface area is 116 Å². The Bertz CT molecular complexity index is 537. The Hall–Kier alpha value is -1.50. The summed E-state index contributed by atoms with van der Waals surface area (Å²) in [5, 5.41) is 5.11. The van der Waals surface area contributed by atoms with E-state index in [1.54, 1.807) is 10.9 Å². The molecule has 0 saturated heterocycles. The Morgan fingerprint density at radius 1 is 1.16 bits per heavy atom. The van der Waals surface area contributed by atoms with Gasteiger partial charge in [-0.15, -0.1) is 13.2 Å². The van der Waals surface area contributed by atoms with Crippen molar-refractivity contribution in [2.45, 2.75) is 12.8 Å². The summed E-state index contributed by atoms with van der Waals surface area (Å²) in [4.78, 5) is 0. The van der Waals surface area contributed by atoms with Gasteiger partial charge in [-0.2, -0.15) is 5.10 Å². The number of aromatic nitrogens is 2. The molecular formula is C12H10BrF3N2O. The van der Waals surface area contributed by atoms with E-state index in [-0.39, 0.29) is 5.75 Å². The minimum absolute atomic E-state index is 0.246. The molecule has 0 spiro atoms. The predicted molar refractivity (Wildman–Crippen MR) is 67.7 cm³/mol. The lowest BCUT2D eigenvalue weighted by atomic mass is 10.3. The highest BCUT2D eigenvalue weighted by atomic mass is 79.9. The maximum Gasteiger partial charge on any atom is 0.573 e. The van der Waals surface area contributed by atoms with Crippen molar-refractivity contribution < 1.29 is 17.9 Å². The molecule has 0 aliphatic carbocycles. The fourth-order valence-corrected chi connectivity index (χ4v) is 1.94. The summed E-state index contributed by atoms with van der Waals surface area (Å²) in [5.41, 5.74) is 1.59. The molecule has 0 radical (unpaired) electrons. The summed E-state index contributed by atoms with van der Waals surface area (Å²) in [5.74, 6) is -0.246. The first-order valence-corrected chi connectivity index (χ1v) is 6.57. The molecule has 7 heteroatoms. The maximum atomic E-state index is 12.0. The first-order valence-electron chi connectivity index (χ1n) is 5.44. The van der Waals surface area contributed by atoms with E-state index in [1.165, 1.54) is 24.3 Å². The summed E-state index contributed by atoms with van der Waals surface area (Å²) in [6.07, 6.45) is -2.11. The van der Waals surface area contributed by atoms with Crippen LogP contribution in [0.2, 0.25) is 0 Å². The van der Waals surface area contributed by atoms with E-state index in [1.807, 2.05) is 6.07 Å². The third-order valence-electron chi connectivity index (χ3n) is 2.33.